The molecule has 2 amide bonds. The fourth-order valence-electron chi connectivity index (χ4n) is 5.15. The number of carbonyl (C=O) groups excluding carboxylic acids is 1. The number of fused-ring (bicyclic) bond motifs is 1. The maximum absolute atomic E-state index is 12.3. The Kier molecular flexibility index (Phi) is 10.9. The van der Waals surface area contributed by atoms with Gasteiger partial charge in [0, 0.05) is 49.5 Å². The van der Waals surface area contributed by atoms with Crippen molar-refractivity contribution in [2.45, 2.75) is 20.3 Å². The molecule has 0 saturated carbocycles. The van der Waals surface area contributed by atoms with Crippen molar-refractivity contribution in [2.75, 3.05) is 56.6 Å². The number of carbonyl (C=O) groups is 1. The summed E-state index contributed by atoms with van der Waals surface area (Å²) in [5, 5.41) is 10.2. The predicted octanol–water partition coefficient (Wildman–Crippen LogP) is 6.69. The lowest BCUT2D eigenvalue weighted by atomic mass is 9.99. The monoisotopic (exact) mass is 592 g/mol. The topological polar surface area (TPSA) is 105 Å². The van der Waals surface area contributed by atoms with Gasteiger partial charge < -0.3 is 25.1 Å². The van der Waals surface area contributed by atoms with E-state index < -0.39 is 0 Å². The summed E-state index contributed by atoms with van der Waals surface area (Å²) in [6, 6.07) is 28.0. The SMILES string of the molecule is CC.O=C(NCCN1CCOCC1)Nc1ccc(CCNc2ncnc3oc(-c4ccccc4)c(-c4ccccc4)c23)cc1. The molecule has 228 valence electrons. The summed E-state index contributed by atoms with van der Waals surface area (Å²) in [4.78, 5) is 23.6. The lowest BCUT2D eigenvalue weighted by Crippen LogP contribution is -2.42. The number of anilines is 2. The van der Waals surface area contributed by atoms with Gasteiger partial charge in [0.1, 0.15) is 17.9 Å². The van der Waals surface area contributed by atoms with Crippen molar-refractivity contribution in [2.24, 2.45) is 0 Å². The number of hydrogen-bond donors (Lipinski definition) is 3. The molecule has 0 bridgehead atoms. The Morgan fingerprint density at radius 1 is 0.841 bits per heavy atom. The molecule has 1 saturated heterocycles. The molecule has 3 aromatic carbocycles. The van der Waals surface area contributed by atoms with Gasteiger partial charge in [-0.15, -0.1) is 0 Å². The Bertz CT molecular complexity index is 1600. The number of hydrogen-bond acceptors (Lipinski definition) is 7. The van der Waals surface area contributed by atoms with Gasteiger partial charge in [-0.05, 0) is 29.7 Å². The molecular formula is C35H40N6O3. The summed E-state index contributed by atoms with van der Waals surface area (Å²) in [5.74, 6) is 1.50. The first kappa shape index (κ1) is 30.7. The van der Waals surface area contributed by atoms with Crippen LogP contribution in [0.1, 0.15) is 19.4 Å². The first-order valence-corrected chi connectivity index (χ1v) is 15.3. The van der Waals surface area contributed by atoms with Gasteiger partial charge in [-0.25, -0.2) is 14.8 Å². The van der Waals surface area contributed by atoms with E-state index >= 15 is 0 Å². The fraction of sp³-hybridized carbons (Fsp3) is 0.286. The second kappa shape index (κ2) is 15.7. The molecule has 1 aliphatic heterocycles. The van der Waals surface area contributed by atoms with Gasteiger partial charge in [-0.1, -0.05) is 86.6 Å². The van der Waals surface area contributed by atoms with Gasteiger partial charge in [-0.3, -0.25) is 4.90 Å². The number of urea groups is 1. The van der Waals surface area contributed by atoms with Crippen LogP contribution in [-0.4, -0.2) is 66.8 Å². The van der Waals surface area contributed by atoms with Crippen LogP contribution in [0, 0.1) is 0 Å². The molecule has 5 aromatic rings. The van der Waals surface area contributed by atoms with Crippen LogP contribution in [0.5, 0.6) is 0 Å². The molecule has 44 heavy (non-hydrogen) atoms. The van der Waals surface area contributed by atoms with E-state index in [1.165, 1.54) is 6.33 Å². The zero-order valence-corrected chi connectivity index (χ0v) is 25.4. The minimum atomic E-state index is -0.199. The second-order valence-corrected chi connectivity index (χ2v) is 10.1. The van der Waals surface area contributed by atoms with Gasteiger partial charge >= 0.3 is 6.03 Å². The maximum Gasteiger partial charge on any atom is 0.319 e. The zero-order valence-electron chi connectivity index (χ0n) is 25.4. The normalized spacial score (nSPS) is 13.1. The first-order valence-electron chi connectivity index (χ1n) is 15.3. The average molecular weight is 593 g/mol. The van der Waals surface area contributed by atoms with Gasteiger partial charge in [0.05, 0.1) is 18.6 Å². The highest BCUT2D eigenvalue weighted by atomic mass is 16.5. The molecule has 0 spiro atoms. The number of ether oxygens (including phenoxy) is 1. The maximum atomic E-state index is 12.3. The van der Waals surface area contributed by atoms with Crippen LogP contribution in [0.25, 0.3) is 33.6 Å². The Morgan fingerprint density at radius 3 is 2.23 bits per heavy atom. The van der Waals surface area contributed by atoms with Crippen LogP contribution in [0.2, 0.25) is 0 Å². The Morgan fingerprint density at radius 2 is 1.52 bits per heavy atom. The summed E-state index contributed by atoms with van der Waals surface area (Å²) < 4.78 is 11.7. The van der Waals surface area contributed by atoms with Crippen molar-refractivity contribution in [3.8, 4) is 22.5 Å². The summed E-state index contributed by atoms with van der Waals surface area (Å²) in [6.45, 7) is 9.41. The molecular weight excluding hydrogens is 552 g/mol. The van der Waals surface area contributed by atoms with Crippen molar-refractivity contribution in [3.63, 3.8) is 0 Å². The van der Waals surface area contributed by atoms with Crippen LogP contribution in [-0.2, 0) is 11.2 Å². The largest absolute Gasteiger partial charge is 0.437 e. The molecule has 1 aliphatic rings. The Labute approximate surface area is 258 Å². The minimum Gasteiger partial charge on any atom is -0.437 e. The van der Waals surface area contributed by atoms with E-state index in [0.29, 0.717) is 18.8 Å². The van der Waals surface area contributed by atoms with Crippen LogP contribution in [0.15, 0.2) is 95.7 Å². The van der Waals surface area contributed by atoms with E-state index in [9.17, 15) is 4.79 Å². The van der Waals surface area contributed by atoms with Crippen LogP contribution < -0.4 is 16.0 Å². The summed E-state index contributed by atoms with van der Waals surface area (Å²) >= 11 is 0. The molecule has 3 heterocycles. The quantitative estimate of drug-likeness (QED) is 0.166. The third-order valence-electron chi connectivity index (χ3n) is 7.32. The molecule has 1 fully saturated rings. The number of aromatic nitrogens is 2. The molecule has 0 atom stereocenters. The Hall–Kier alpha value is -4.73. The fourth-order valence-corrected chi connectivity index (χ4v) is 5.15. The summed E-state index contributed by atoms with van der Waals surface area (Å²) in [5.41, 5.74) is 5.45. The highest BCUT2D eigenvalue weighted by molar-refractivity contribution is 6.05. The molecule has 2 aromatic heterocycles. The van der Waals surface area contributed by atoms with E-state index in [4.69, 9.17) is 9.15 Å². The molecule has 9 nitrogen and oxygen atoms in total. The van der Waals surface area contributed by atoms with E-state index in [1.54, 1.807) is 0 Å². The van der Waals surface area contributed by atoms with Crippen molar-refractivity contribution in [3.05, 3.63) is 96.8 Å². The molecule has 0 unspecified atom stereocenters. The van der Waals surface area contributed by atoms with Gasteiger partial charge in [0.2, 0.25) is 5.71 Å². The number of morpholine rings is 1. The number of benzene rings is 3. The minimum absolute atomic E-state index is 0.199. The van der Waals surface area contributed by atoms with Gasteiger partial charge in [0.25, 0.3) is 0 Å². The summed E-state index contributed by atoms with van der Waals surface area (Å²) in [6.07, 6.45) is 2.31. The average Bonchev–Trinajstić information content (AvgIpc) is 3.48. The van der Waals surface area contributed by atoms with Crippen LogP contribution in [0.3, 0.4) is 0 Å². The Balaban J connectivity index is 0.00000188. The molecule has 3 N–H and O–H groups in total. The van der Waals surface area contributed by atoms with Crippen LogP contribution >= 0.6 is 0 Å². The lowest BCUT2D eigenvalue weighted by Gasteiger charge is -2.26. The van der Waals surface area contributed by atoms with E-state index in [0.717, 1.165) is 84.2 Å². The lowest BCUT2D eigenvalue weighted by molar-refractivity contribution is 0.0388. The van der Waals surface area contributed by atoms with E-state index in [2.05, 4.69) is 43.0 Å². The summed E-state index contributed by atoms with van der Waals surface area (Å²) in [7, 11) is 0. The zero-order chi connectivity index (χ0) is 30.6. The standard InChI is InChI=1S/C33H34N6O3.C2H6/c40-33(35-17-18-39-19-21-41-22-20-39)38-27-13-11-24(12-14-27)15-16-34-31-29-28(25-7-3-1-4-8-25)30(26-9-5-2-6-10-26)42-32(29)37-23-36-31;1-2/h1-14,23H,15-22H2,(H,34,36,37)(H2,35,38,40);1-2H3. The molecule has 0 aliphatic carbocycles. The van der Waals surface area contributed by atoms with Crippen LogP contribution in [0.4, 0.5) is 16.3 Å². The van der Waals surface area contributed by atoms with Crippen molar-refractivity contribution in [1.29, 1.82) is 0 Å². The smallest absolute Gasteiger partial charge is 0.319 e. The number of nitrogens with one attached hydrogen (secondary N) is 3. The van der Waals surface area contributed by atoms with Crippen molar-refractivity contribution in [1.82, 2.24) is 20.2 Å². The third kappa shape index (κ3) is 7.80. The number of amides is 2. The highest BCUT2D eigenvalue weighted by Crippen LogP contribution is 2.42. The van der Waals surface area contributed by atoms with Crippen molar-refractivity contribution < 1.29 is 13.9 Å². The number of nitrogens with zero attached hydrogens (tertiary/aromatic N) is 3. The van der Waals surface area contributed by atoms with Gasteiger partial charge in [0.15, 0.2) is 0 Å². The van der Waals surface area contributed by atoms with E-state index in [-0.39, 0.29) is 6.03 Å². The predicted molar refractivity (Wildman–Crippen MR) is 177 cm³/mol. The number of rotatable bonds is 10. The highest BCUT2D eigenvalue weighted by Gasteiger charge is 2.21. The van der Waals surface area contributed by atoms with Gasteiger partial charge in [-0.2, -0.15) is 0 Å². The third-order valence-corrected chi connectivity index (χ3v) is 7.32. The molecule has 0 radical (unpaired) electrons. The van der Waals surface area contributed by atoms with E-state index in [1.807, 2.05) is 86.6 Å². The number of furan rings is 1. The van der Waals surface area contributed by atoms with Crippen molar-refractivity contribution >= 4 is 28.6 Å². The molecule has 6 rings (SSSR count). The first-order chi connectivity index (χ1) is 21.7. The second-order valence-electron chi connectivity index (χ2n) is 10.1. The molecule has 9 heteroatoms.